The molecule has 22 heavy (non-hydrogen) atoms. The van der Waals surface area contributed by atoms with Gasteiger partial charge in [0.05, 0.1) is 5.52 Å². The Kier molecular flexibility index (Phi) is 3.60. The third-order valence-corrected chi connectivity index (χ3v) is 4.54. The SMILES string of the molecule is c1cnc2ccc(CN3CCCC(c4ccn[nH]4)C3)cc2c1. The first-order valence-electron chi connectivity index (χ1n) is 7.94. The molecule has 1 aliphatic rings. The van der Waals surface area contributed by atoms with Gasteiger partial charge in [-0.15, -0.1) is 0 Å². The average molecular weight is 292 g/mol. The van der Waals surface area contributed by atoms with Crippen LogP contribution in [0.1, 0.15) is 30.0 Å². The van der Waals surface area contributed by atoms with Gasteiger partial charge in [-0.1, -0.05) is 12.1 Å². The van der Waals surface area contributed by atoms with Crippen molar-refractivity contribution in [1.82, 2.24) is 20.1 Å². The van der Waals surface area contributed by atoms with E-state index in [0.29, 0.717) is 5.92 Å². The van der Waals surface area contributed by atoms with Crippen molar-refractivity contribution in [3.05, 3.63) is 60.0 Å². The van der Waals surface area contributed by atoms with Gasteiger partial charge in [0.15, 0.2) is 0 Å². The zero-order chi connectivity index (χ0) is 14.8. The molecule has 1 fully saturated rings. The second kappa shape index (κ2) is 5.89. The molecule has 0 spiro atoms. The molecule has 4 nitrogen and oxygen atoms in total. The number of benzene rings is 1. The maximum absolute atomic E-state index is 4.39. The monoisotopic (exact) mass is 292 g/mol. The van der Waals surface area contributed by atoms with Crippen LogP contribution >= 0.6 is 0 Å². The maximum Gasteiger partial charge on any atom is 0.0702 e. The molecular formula is C18H20N4. The molecule has 4 heteroatoms. The minimum atomic E-state index is 0.582. The summed E-state index contributed by atoms with van der Waals surface area (Å²) >= 11 is 0. The molecule has 0 radical (unpaired) electrons. The third-order valence-electron chi connectivity index (χ3n) is 4.54. The second-order valence-corrected chi connectivity index (χ2v) is 6.12. The van der Waals surface area contributed by atoms with E-state index in [4.69, 9.17) is 0 Å². The van der Waals surface area contributed by atoms with Gasteiger partial charge in [-0.3, -0.25) is 15.0 Å². The van der Waals surface area contributed by atoms with Gasteiger partial charge in [-0.05, 0) is 49.2 Å². The highest BCUT2D eigenvalue weighted by molar-refractivity contribution is 5.78. The number of aromatic amines is 1. The first-order chi connectivity index (χ1) is 10.9. The summed E-state index contributed by atoms with van der Waals surface area (Å²) in [6.45, 7) is 3.29. The number of nitrogens with one attached hydrogen (secondary N) is 1. The van der Waals surface area contributed by atoms with Gasteiger partial charge >= 0.3 is 0 Å². The van der Waals surface area contributed by atoms with Crippen LogP contribution in [-0.4, -0.2) is 33.2 Å². The van der Waals surface area contributed by atoms with Crippen molar-refractivity contribution < 1.29 is 0 Å². The van der Waals surface area contributed by atoms with E-state index >= 15 is 0 Å². The van der Waals surface area contributed by atoms with Crippen LogP contribution in [0, 0.1) is 0 Å². The lowest BCUT2D eigenvalue weighted by atomic mass is 9.94. The van der Waals surface area contributed by atoms with E-state index in [2.05, 4.69) is 50.4 Å². The molecule has 1 aliphatic heterocycles. The average Bonchev–Trinajstić information content (AvgIpc) is 3.10. The van der Waals surface area contributed by atoms with Gasteiger partial charge in [0.2, 0.25) is 0 Å². The van der Waals surface area contributed by atoms with Crippen LogP contribution < -0.4 is 0 Å². The van der Waals surface area contributed by atoms with E-state index in [-0.39, 0.29) is 0 Å². The van der Waals surface area contributed by atoms with E-state index in [1.54, 1.807) is 0 Å². The van der Waals surface area contributed by atoms with Crippen LogP contribution in [0.2, 0.25) is 0 Å². The Morgan fingerprint density at radius 1 is 1.18 bits per heavy atom. The molecule has 2 aromatic heterocycles. The molecule has 1 N–H and O–H groups in total. The molecule has 3 heterocycles. The topological polar surface area (TPSA) is 44.8 Å². The highest BCUT2D eigenvalue weighted by atomic mass is 15.1. The van der Waals surface area contributed by atoms with Crippen LogP contribution in [0.3, 0.4) is 0 Å². The number of pyridine rings is 1. The van der Waals surface area contributed by atoms with Crippen LogP contribution in [-0.2, 0) is 6.54 Å². The van der Waals surface area contributed by atoms with Crippen LogP contribution in [0.5, 0.6) is 0 Å². The predicted octanol–water partition coefficient (Wildman–Crippen LogP) is 3.34. The van der Waals surface area contributed by atoms with Gasteiger partial charge < -0.3 is 0 Å². The Labute approximate surface area is 130 Å². The van der Waals surface area contributed by atoms with Crippen molar-refractivity contribution in [2.24, 2.45) is 0 Å². The molecule has 1 aromatic carbocycles. The highest BCUT2D eigenvalue weighted by Crippen LogP contribution is 2.26. The summed E-state index contributed by atoms with van der Waals surface area (Å²) < 4.78 is 0. The van der Waals surface area contributed by atoms with Gasteiger partial charge in [0.1, 0.15) is 0 Å². The summed E-state index contributed by atoms with van der Waals surface area (Å²) in [6.07, 6.45) is 6.20. The summed E-state index contributed by atoms with van der Waals surface area (Å²) in [5, 5.41) is 8.44. The minimum absolute atomic E-state index is 0.582. The van der Waals surface area contributed by atoms with E-state index < -0.39 is 0 Å². The van der Waals surface area contributed by atoms with E-state index in [0.717, 1.165) is 18.6 Å². The predicted molar refractivity (Wildman–Crippen MR) is 87.6 cm³/mol. The molecule has 0 amide bonds. The van der Waals surface area contributed by atoms with Crippen LogP contribution in [0.15, 0.2) is 48.8 Å². The van der Waals surface area contributed by atoms with Crippen molar-refractivity contribution in [3.63, 3.8) is 0 Å². The largest absolute Gasteiger partial charge is 0.298 e. The molecule has 1 unspecified atom stereocenters. The molecule has 4 rings (SSSR count). The first kappa shape index (κ1) is 13.5. The van der Waals surface area contributed by atoms with Gasteiger partial charge in [0.25, 0.3) is 0 Å². The normalized spacial score (nSPS) is 19.5. The molecule has 0 bridgehead atoms. The molecular weight excluding hydrogens is 272 g/mol. The van der Waals surface area contributed by atoms with E-state index in [1.165, 1.54) is 36.0 Å². The number of nitrogens with zero attached hydrogens (tertiary/aromatic N) is 3. The minimum Gasteiger partial charge on any atom is -0.298 e. The molecule has 112 valence electrons. The maximum atomic E-state index is 4.39. The lowest BCUT2D eigenvalue weighted by Gasteiger charge is -2.32. The smallest absolute Gasteiger partial charge is 0.0702 e. The molecule has 3 aromatic rings. The van der Waals surface area contributed by atoms with E-state index in [9.17, 15) is 0 Å². The lowest BCUT2D eigenvalue weighted by Crippen LogP contribution is -2.34. The highest BCUT2D eigenvalue weighted by Gasteiger charge is 2.22. The van der Waals surface area contributed by atoms with Crippen molar-refractivity contribution in [2.45, 2.75) is 25.3 Å². The number of likely N-dealkylation sites (tertiary alicyclic amines) is 1. The Balaban J connectivity index is 1.49. The zero-order valence-electron chi connectivity index (χ0n) is 12.6. The molecule has 0 saturated carbocycles. The summed E-state index contributed by atoms with van der Waals surface area (Å²) in [4.78, 5) is 6.94. The fourth-order valence-corrected chi connectivity index (χ4v) is 3.43. The Bertz CT molecular complexity index is 751. The number of H-pyrrole nitrogens is 1. The molecule has 1 atom stereocenters. The zero-order valence-corrected chi connectivity index (χ0v) is 12.6. The Morgan fingerprint density at radius 2 is 2.18 bits per heavy atom. The Hall–Kier alpha value is -2.20. The lowest BCUT2D eigenvalue weighted by molar-refractivity contribution is 0.198. The summed E-state index contributed by atoms with van der Waals surface area (Å²) in [5.41, 5.74) is 3.71. The van der Waals surface area contributed by atoms with Crippen molar-refractivity contribution >= 4 is 10.9 Å². The first-order valence-corrected chi connectivity index (χ1v) is 7.94. The number of piperidine rings is 1. The fraction of sp³-hybridized carbons (Fsp3) is 0.333. The number of aromatic nitrogens is 3. The fourth-order valence-electron chi connectivity index (χ4n) is 3.43. The second-order valence-electron chi connectivity index (χ2n) is 6.12. The van der Waals surface area contributed by atoms with E-state index in [1.807, 2.05) is 18.5 Å². The third kappa shape index (κ3) is 2.74. The van der Waals surface area contributed by atoms with Crippen LogP contribution in [0.4, 0.5) is 0 Å². The summed E-state index contributed by atoms with van der Waals surface area (Å²) in [5.74, 6) is 0.582. The van der Waals surface area contributed by atoms with Crippen molar-refractivity contribution in [3.8, 4) is 0 Å². The number of hydrogen-bond acceptors (Lipinski definition) is 3. The quantitative estimate of drug-likeness (QED) is 0.805. The van der Waals surface area contributed by atoms with Gasteiger partial charge in [-0.25, -0.2) is 0 Å². The Morgan fingerprint density at radius 3 is 3.09 bits per heavy atom. The molecule has 0 aliphatic carbocycles. The van der Waals surface area contributed by atoms with Crippen molar-refractivity contribution in [1.29, 1.82) is 0 Å². The summed E-state index contributed by atoms with van der Waals surface area (Å²) in [6, 6.07) is 12.8. The van der Waals surface area contributed by atoms with Gasteiger partial charge in [0, 0.05) is 42.5 Å². The number of rotatable bonds is 3. The summed E-state index contributed by atoms with van der Waals surface area (Å²) in [7, 11) is 0. The number of fused-ring (bicyclic) bond motifs is 1. The number of hydrogen-bond donors (Lipinski definition) is 1. The van der Waals surface area contributed by atoms with Gasteiger partial charge in [-0.2, -0.15) is 5.10 Å². The van der Waals surface area contributed by atoms with Crippen molar-refractivity contribution in [2.75, 3.05) is 13.1 Å². The standard InChI is InChI=1S/C18H20N4/c1-3-15-11-14(5-6-17(15)19-8-1)12-22-10-2-4-16(13-22)18-7-9-20-21-18/h1,3,5-9,11,16H,2,4,10,12-13H2,(H,20,21). The van der Waals surface area contributed by atoms with Crippen LogP contribution in [0.25, 0.3) is 10.9 Å². The molecule has 1 saturated heterocycles.